The highest BCUT2D eigenvalue weighted by molar-refractivity contribution is 6.03. The van der Waals surface area contributed by atoms with E-state index in [1.54, 1.807) is 0 Å². The normalized spacial score (nSPS) is 12.6. The van der Waals surface area contributed by atoms with E-state index in [1.807, 2.05) is 181 Å². The minimum absolute atomic E-state index is 0.250. The van der Waals surface area contributed by atoms with Crippen molar-refractivity contribution < 1.29 is 81.3 Å². The number of rotatable bonds is 12. The van der Waals surface area contributed by atoms with E-state index in [0.29, 0.717) is 17.7 Å². The summed E-state index contributed by atoms with van der Waals surface area (Å²) < 4.78 is 18.1. The van der Waals surface area contributed by atoms with Crippen LogP contribution in [0.25, 0.3) is 76.5 Å². The maximum atomic E-state index is 8.12. The summed E-state index contributed by atoms with van der Waals surface area (Å²) in [7, 11) is 0. The van der Waals surface area contributed by atoms with E-state index in [1.165, 1.54) is 136 Å². The molecule has 0 amide bonds. The predicted molar refractivity (Wildman–Crippen MR) is 504 cm³/mol. The lowest BCUT2D eigenvalue weighted by atomic mass is 9.85. The molecule has 29 nitrogen and oxygen atoms in total. The third kappa shape index (κ3) is 33.9. The van der Waals surface area contributed by atoms with Crippen LogP contribution in [-0.2, 0) is 73.5 Å². The van der Waals surface area contributed by atoms with Gasteiger partial charge in [-0.1, -0.05) is 160 Å². The molecule has 0 saturated heterocycles. The number of fused-ring (bicyclic) bond motifs is 6. The Balaban J connectivity index is 0.000000235. The number of carbonyl (C=O) groups excluding carboxylic acids is 14. The number of pyridine rings is 6. The fourth-order valence-corrected chi connectivity index (χ4v) is 16.4. The van der Waals surface area contributed by atoms with Crippen LogP contribution in [0.1, 0.15) is 172 Å². The molecule has 0 bridgehead atoms. The van der Waals surface area contributed by atoms with Gasteiger partial charge in [-0.15, -0.1) is 0 Å². The number of nitrogen functional groups attached to an aromatic ring is 6. The van der Waals surface area contributed by atoms with E-state index >= 15 is 0 Å². The molecule has 0 atom stereocenters. The first-order valence-corrected chi connectivity index (χ1v) is 43.2. The van der Waals surface area contributed by atoms with Crippen molar-refractivity contribution in [2.45, 2.75) is 182 Å². The first-order chi connectivity index (χ1) is 64.3. The van der Waals surface area contributed by atoms with Crippen molar-refractivity contribution >= 4 is 143 Å². The summed E-state index contributed by atoms with van der Waals surface area (Å²) in [4.78, 5) is 141. The lowest BCUT2D eigenvalue weighted by Gasteiger charge is -2.24. The highest BCUT2D eigenvalue weighted by Crippen LogP contribution is 2.45. The second kappa shape index (κ2) is 57.1. The van der Waals surface area contributed by atoms with Crippen molar-refractivity contribution in [3.8, 4) is 34.1 Å². The first kappa shape index (κ1) is 106. The van der Waals surface area contributed by atoms with Gasteiger partial charge in [-0.05, 0) is 256 Å². The highest BCUT2D eigenvalue weighted by Gasteiger charge is 2.27. The molecule has 0 aliphatic heterocycles. The quantitative estimate of drug-likeness (QED) is 0.0661. The lowest BCUT2D eigenvalue weighted by molar-refractivity contribution is -0.193. The van der Waals surface area contributed by atoms with E-state index in [9.17, 15) is 0 Å². The molecule has 6 aromatic heterocycles. The average Bonchev–Trinajstić information content (AvgIpc) is 1.67. The maximum Gasteiger partial charge on any atom is 0.373 e. The molecule has 6 heterocycles. The Hall–Kier alpha value is -15.9. The van der Waals surface area contributed by atoms with Crippen LogP contribution >= 0.6 is 0 Å². The van der Waals surface area contributed by atoms with Crippen molar-refractivity contribution in [3.63, 3.8) is 0 Å². The molecule has 29 heteroatoms. The van der Waals surface area contributed by atoms with Crippen molar-refractivity contribution in [2.24, 2.45) is 11.8 Å². The van der Waals surface area contributed by atoms with Gasteiger partial charge in [0, 0.05) is 84.4 Å². The molecule has 133 heavy (non-hydrogen) atoms. The van der Waals surface area contributed by atoms with Crippen LogP contribution in [0.3, 0.4) is 0 Å². The molecule has 4 saturated carbocycles. The molecule has 8 aromatic carbocycles. The number of aromatic nitrogens is 6. The molecular formula is C104H110N12O17. The zero-order valence-electron chi connectivity index (χ0n) is 75.6. The van der Waals surface area contributed by atoms with Crippen molar-refractivity contribution in [2.75, 3.05) is 41.0 Å². The van der Waals surface area contributed by atoms with Crippen molar-refractivity contribution in [1.82, 2.24) is 29.9 Å². The molecular weight excluding hydrogens is 1690 g/mol. The Morgan fingerprint density at radius 1 is 0.308 bits per heavy atom. The maximum absolute atomic E-state index is 8.12. The number of anilines is 6. The minimum atomic E-state index is 0.250. The van der Waals surface area contributed by atoms with Gasteiger partial charge in [0.1, 0.15) is 23.0 Å². The summed E-state index contributed by atoms with van der Waals surface area (Å²) in [6, 6.07) is 66.3. The van der Waals surface area contributed by atoms with Gasteiger partial charge >= 0.3 is 43.1 Å². The highest BCUT2D eigenvalue weighted by atomic mass is 16.5. The number of benzene rings is 8. The van der Waals surface area contributed by atoms with Crippen LogP contribution < -0.4 is 48.6 Å². The summed E-state index contributed by atoms with van der Waals surface area (Å²) in [5.74, 6) is 5.61. The van der Waals surface area contributed by atoms with E-state index in [2.05, 4.69) is 97.5 Å². The Morgan fingerprint density at radius 3 is 1.09 bits per heavy atom. The molecule has 0 unspecified atom stereocenters. The summed E-state index contributed by atoms with van der Waals surface area (Å²) in [5, 5.41) is 6.16. The SMILES string of the molecule is Cc1cc(N)c2c(C3CC3)cccc2n1.Cc1cc(N)c2c(CCC3CCCCC3)cccc2n1.Cc1cc(N)c2c(OC3CCCCC3)cccc2n1.Cc1cc(N)c2c(OCC3CCCCC3)cccc2n1.Cc1cc(N)c2c(Oc3ccccc3)cccc2n1.Cc1cccc(-c2cccc3nc(C)cc(N)c23)c1.O=C=O.O=C=O.O=C=O.O=C=O.O=C=O.O=C=O.O=C=O. The van der Waals surface area contributed by atoms with Gasteiger partial charge < -0.3 is 48.6 Å². The number of ether oxygens (including phenoxy) is 3. The van der Waals surface area contributed by atoms with Crippen LogP contribution in [0.2, 0.25) is 0 Å². The fraction of sp³-hybridized carbons (Fsp3) is 0.298. The van der Waals surface area contributed by atoms with E-state index < -0.39 is 0 Å². The number of hydrogen-bond acceptors (Lipinski definition) is 29. The standard InChI is InChI=1S/C18H24N2.C17H22N2O.C17H16N2.C16H20N2O.C16H14N2O.C13H14N2.7CO2/c1-13-12-16(19)18-15(8-5-9-17(18)20-13)11-10-14-6-3-2-4-7-14;1-12-10-14(18)17-15(19-12)8-5-9-16(17)20-11-13-6-3-2-4-7-13;1-11-5-3-6-13(9-11)14-7-4-8-16-17(14)15(18)10-12(2)19-16;2*1-11-10-13(17)16-14(18-11)8-5-9-15(16)19-12-6-3-2-4-7-12;1-8-7-11(14)13-10(9-5-6-9)3-2-4-12(13)15-8;7*2-1-3/h5,8-9,12,14H,2-4,6-7,10-11H2,1H3,(H2,19,20);5,8-10,13H,2-4,6-7,11H2,1H3,(H2,18,19);3-10H,1-2H3,(H2,18,19);5,8-10,12H,2-4,6-7H2,1H3,(H2,17,18);2-10H,1H3,(H2,17,18);2-4,7,9H,5-6H2,1H3,(H2,14,15);;;;;;;. The Labute approximate surface area is 770 Å². The van der Waals surface area contributed by atoms with E-state index in [0.717, 1.165) is 184 Å². The molecule has 12 N–H and O–H groups in total. The molecule has 0 spiro atoms. The van der Waals surface area contributed by atoms with E-state index in [-0.39, 0.29) is 43.1 Å². The van der Waals surface area contributed by atoms with Gasteiger partial charge in [-0.2, -0.15) is 67.1 Å². The molecule has 18 rings (SSSR count). The Bertz CT molecular complexity index is 6170. The van der Waals surface area contributed by atoms with Gasteiger partial charge in [-0.25, -0.2) is 0 Å². The lowest BCUT2D eigenvalue weighted by Crippen LogP contribution is -2.19. The molecule has 4 fully saturated rings. The summed E-state index contributed by atoms with van der Waals surface area (Å²) in [6.45, 7) is 14.7. The smallest absolute Gasteiger partial charge is 0.373 e. The van der Waals surface area contributed by atoms with Gasteiger partial charge in [0.2, 0.25) is 0 Å². The van der Waals surface area contributed by atoms with E-state index in [4.69, 9.17) is 116 Å². The van der Waals surface area contributed by atoms with Crippen molar-refractivity contribution in [3.05, 3.63) is 251 Å². The van der Waals surface area contributed by atoms with Crippen LogP contribution in [0, 0.1) is 60.3 Å². The number of nitrogens with two attached hydrogens (primary N) is 6. The molecule has 4 aliphatic rings. The molecule has 14 aromatic rings. The fourth-order valence-electron chi connectivity index (χ4n) is 16.4. The zero-order chi connectivity index (χ0) is 97.2. The number of aryl methyl sites for hydroxylation is 8. The van der Waals surface area contributed by atoms with Crippen LogP contribution in [0.5, 0.6) is 23.0 Å². The number of para-hydroxylation sites is 1. The largest absolute Gasteiger partial charge is 0.493 e. The van der Waals surface area contributed by atoms with Gasteiger partial charge in [-0.3, -0.25) is 29.9 Å². The summed E-state index contributed by atoms with van der Waals surface area (Å²) in [6.07, 6.45) is 27.0. The van der Waals surface area contributed by atoms with Gasteiger partial charge in [0.25, 0.3) is 0 Å². The molecule has 4 aliphatic carbocycles. The third-order valence-electron chi connectivity index (χ3n) is 21.9. The zero-order valence-corrected chi connectivity index (χ0v) is 75.6. The second-order valence-corrected chi connectivity index (χ2v) is 31.7. The average molecular weight is 1800 g/mol. The second-order valence-electron chi connectivity index (χ2n) is 31.7. The molecule has 688 valence electrons. The Morgan fingerprint density at radius 2 is 0.647 bits per heavy atom. The molecule has 0 radical (unpaired) electrons. The number of hydrogen-bond donors (Lipinski definition) is 6. The third-order valence-corrected chi connectivity index (χ3v) is 21.9. The predicted octanol–water partition coefficient (Wildman–Crippen LogP) is 19.5. The monoisotopic (exact) mass is 1800 g/mol. The van der Waals surface area contributed by atoms with Crippen LogP contribution in [-0.4, -0.2) is 85.7 Å². The minimum Gasteiger partial charge on any atom is -0.493 e. The van der Waals surface area contributed by atoms with Crippen LogP contribution in [0.4, 0.5) is 34.1 Å². The Kier molecular flexibility index (Phi) is 45.4. The van der Waals surface area contributed by atoms with Crippen molar-refractivity contribution in [1.29, 1.82) is 0 Å². The summed E-state index contributed by atoms with van der Waals surface area (Å²) in [5.41, 5.74) is 59.4. The van der Waals surface area contributed by atoms with Crippen LogP contribution in [0.15, 0.2) is 200 Å². The summed E-state index contributed by atoms with van der Waals surface area (Å²) >= 11 is 0. The van der Waals surface area contributed by atoms with Gasteiger partial charge in [0.15, 0.2) is 0 Å². The van der Waals surface area contributed by atoms with Gasteiger partial charge in [0.05, 0.1) is 62.0 Å². The number of nitrogens with zero attached hydrogens (tertiary/aromatic N) is 6. The topological polar surface area (TPSA) is 500 Å². The first-order valence-electron chi connectivity index (χ1n) is 43.2.